The molecule has 6 heteroatoms. The van der Waals surface area contributed by atoms with Gasteiger partial charge >= 0.3 is 0 Å². The van der Waals surface area contributed by atoms with E-state index in [1.807, 2.05) is 31.2 Å². The Hall–Kier alpha value is -1.66. The van der Waals surface area contributed by atoms with Crippen LogP contribution in [0.4, 0.5) is 5.69 Å². The van der Waals surface area contributed by atoms with Crippen molar-refractivity contribution in [3.8, 4) is 0 Å². The SMILES string of the molecule is Cc1ccccc1C(O)CNc1cnn(C)c(=O)c1Br. The third kappa shape index (κ3) is 3.08. The Morgan fingerprint density at radius 2 is 2.15 bits per heavy atom. The molecule has 2 rings (SSSR count). The summed E-state index contributed by atoms with van der Waals surface area (Å²) in [5.41, 5.74) is 2.25. The molecule has 0 aliphatic rings. The van der Waals surface area contributed by atoms with Crippen LogP contribution < -0.4 is 10.9 Å². The molecule has 20 heavy (non-hydrogen) atoms. The summed E-state index contributed by atoms with van der Waals surface area (Å²) in [7, 11) is 1.58. The molecule has 0 saturated heterocycles. The van der Waals surface area contributed by atoms with Crippen LogP contribution >= 0.6 is 15.9 Å². The molecule has 5 nitrogen and oxygen atoms in total. The standard InChI is InChI=1S/C14H16BrN3O2/c1-9-5-3-4-6-10(9)12(19)8-16-11-7-17-18(2)14(20)13(11)15/h3-7,12,16,19H,8H2,1-2H3. The van der Waals surface area contributed by atoms with Crippen molar-refractivity contribution in [2.24, 2.45) is 7.05 Å². The molecule has 1 aromatic heterocycles. The number of aromatic nitrogens is 2. The fourth-order valence-electron chi connectivity index (χ4n) is 1.91. The van der Waals surface area contributed by atoms with Crippen molar-refractivity contribution in [1.29, 1.82) is 0 Å². The van der Waals surface area contributed by atoms with Crippen LogP contribution in [0.25, 0.3) is 0 Å². The second kappa shape index (κ2) is 6.19. The number of aryl methyl sites for hydroxylation is 2. The van der Waals surface area contributed by atoms with Crippen LogP contribution in [0.1, 0.15) is 17.2 Å². The van der Waals surface area contributed by atoms with Gasteiger partial charge in [0.2, 0.25) is 0 Å². The highest BCUT2D eigenvalue weighted by Crippen LogP contribution is 2.20. The van der Waals surface area contributed by atoms with E-state index in [-0.39, 0.29) is 5.56 Å². The summed E-state index contributed by atoms with van der Waals surface area (Å²) in [4.78, 5) is 11.7. The zero-order chi connectivity index (χ0) is 14.7. The van der Waals surface area contributed by atoms with Crippen molar-refractivity contribution in [3.63, 3.8) is 0 Å². The smallest absolute Gasteiger partial charge is 0.282 e. The van der Waals surface area contributed by atoms with Crippen LogP contribution in [-0.2, 0) is 7.05 Å². The first-order valence-electron chi connectivity index (χ1n) is 6.20. The Morgan fingerprint density at radius 1 is 1.45 bits per heavy atom. The molecule has 0 bridgehead atoms. The lowest BCUT2D eigenvalue weighted by atomic mass is 10.0. The number of hydrogen-bond donors (Lipinski definition) is 2. The second-order valence-electron chi connectivity index (χ2n) is 4.55. The zero-order valence-corrected chi connectivity index (χ0v) is 12.9. The van der Waals surface area contributed by atoms with E-state index >= 15 is 0 Å². The molecule has 0 radical (unpaired) electrons. The Kier molecular flexibility index (Phi) is 4.57. The van der Waals surface area contributed by atoms with E-state index in [2.05, 4.69) is 26.3 Å². The molecule has 106 valence electrons. The molecule has 2 N–H and O–H groups in total. The topological polar surface area (TPSA) is 67.2 Å². The lowest BCUT2D eigenvalue weighted by Crippen LogP contribution is -2.22. The van der Waals surface area contributed by atoms with Gasteiger partial charge in [-0.25, -0.2) is 4.68 Å². The summed E-state index contributed by atoms with van der Waals surface area (Å²) in [5, 5.41) is 17.2. The first-order chi connectivity index (χ1) is 9.50. The summed E-state index contributed by atoms with van der Waals surface area (Å²) < 4.78 is 1.65. The molecular weight excluding hydrogens is 322 g/mol. The molecule has 0 fully saturated rings. The van der Waals surface area contributed by atoms with E-state index in [1.165, 1.54) is 4.68 Å². The lowest BCUT2D eigenvalue weighted by Gasteiger charge is -2.15. The van der Waals surface area contributed by atoms with Crippen LogP contribution in [0, 0.1) is 6.92 Å². The number of hydrogen-bond acceptors (Lipinski definition) is 4. The van der Waals surface area contributed by atoms with Crippen molar-refractivity contribution in [3.05, 3.63) is 56.4 Å². The first-order valence-corrected chi connectivity index (χ1v) is 6.99. The highest BCUT2D eigenvalue weighted by Gasteiger charge is 2.12. The molecule has 0 amide bonds. The van der Waals surface area contributed by atoms with Crippen LogP contribution in [0.2, 0.25) is 0 Å². The van der Waals surface area contributed by atoms with Gasteiger partial charge in [-0.15, -0.1) is 0 Å². The Balaban J connectivity index is 2.12. The molecule has 0 aliphatic carbocycles. The third-order valence-corrected chi connectivity index (χ3v) is 3.88. The van der Waals surface area contributed by atoms with Gasteiger partial charge in [0.15, 0.2) is 0 Å². The number of anilines is 1. The van der Waals surface area contributed by atoms with Gasteiger partial charge in [-0.3, -0.25) is 4.79 Å². The van der Waals surface area contributed by atoms with Gasteiger partial charge in [-0.2, -0.15) is 5.10 Å². The molecule has 2 aromatic rings. The predicted molar refractivity (Wildman–Crippen MR) is 81.8 cm³/mol. The minimum atomic E-state index is -0.646. The van der Waals surface area contributed by atoms with E-state index in [4.69, 9.17) is 0 Å². The third-order valence-electron chi connectivity index (χ3n) is 3.11. The highest BCUT2D eigenvalue weighted by molar-refractivity contribution is 9.10. The molecule has 1 aromatic carbocycles. The summed E-state index contributed by atoms with van der Waals surface area (Å²) in [6.07, 6.45) is 0.905. The largest absolute Gasteiger partial charge is 0.387 e. The maximum Gasteiger partial charge on any atom is 0.282 e. The van der Waals surface area contributed by atoms with Gasteiger partial charge in [-0.1, -0.05) is 24.3 Å². The van der Waals surface area contributed by atoms with Gasteiger partial charge in [0, 0.05) is 13.6 Å². The van der Waals surface area contributed by atoms with E-state index in [1.54, 1.807) is 13.2 Å². The highest BCUT2D eigenvalue weighted by atomic mass is 79.9. The Morgan fingerprint density at radius 3 is 2.85 bits per heavy atom. The minimum absolute atomic E-state index is 0.222. The average Bonchev–Trinajstić information content (AvgIpc) is 2.44. The van der Waals surface area contributed by atoms with Gasteiger partial charge in [0.25, 0.3) is 5.56 Å². The molecule has 1 heterocycles. The summed E-state index contributed by atoms with van der Waals surface area (Å²) in [6.45, 7) is 2.26. The molecule has 0 saturated carbocycles. The number of aliphatic hydroxyl groups excluding tert-OH is 1. The van der Waals surface area contributed by atoms with Crippen molar-refractivity contribution in [2.75, 3.05) is 11.9 Å². The van der Waals surface area contributed by atoms with Gasteiger partial charge in [0.1, 0.15) is 4.47 Å². The van der Waals surface area contributed by atoms with Crippen LogP contribution in [0.15, 0.2) is 39.7 Å². The normalized spacial score (nSPS) is 12.2. The minimum Gasteiger partial charge on any atom is -0.387 e. The number of nitrogens with zero attached hydrogens (tertiary/aromatic N) is 2. The summed E-state index contributed by atoms with van der Waals surface area (Å²) in [5.74, 6) is 0. The molecular formula is C14H16BrN3O2. The van der Waals surface area contributed by atoms with Crippen LogP contribution in [-0.4, -0.2) is 21.4 Å². The maximum absolute atomic E-state index is 11.7. The number of nitrogens with one attached hydrogen (secondary N) is 1. The first kappa shape index (κ1) is 14.7. The van der Waals surface area contributed by atoms with E-state index < -0.39 is 6.10 Å². The molecule has 0 aliphatic heterocycles. The quantitative estimate of drug-likeness (QED) is 0.895. The monoisotopic (exact) mass is 337 g/mol. The molecule has 0 spiro atoms. The van der Waals surface area contributed by atoms with Gasteiger partial charge < -0.3 is 10.4 Å². The molecule has 1 atom stereocenters. The number of benzene rings is 1. The number of halogens is 1. The summed E-state index contributed by atoms with van der Waals surface area (Å²) >= 11 is 3.23. The van der Waals surface area contributed by atoms with Crippen molar-refractivity contribution >= 4 is 21.6 Å². The summed E-state index contributed by atoms with van der Waals surface area (Å²) in [6, 6.07) is 7.66. The lowest BCUT2D eigenvalue weighted by molar-refractivity contribution is 0.191. The van der Waals surface area contributed by atoms with Crippen LogP contribution in [0.3, 0.4) is 0 Å². The van der Waals surface area contributed by atoms with E-state index in [0.717, 1.165) is 11.1 Å². The fraction of sp³-hybridized carbons (Fsp3) is 0.286. The van der Waals surface area contributed by atoms with E-state index in [0.29, 0.717) is 16.7 Å². The predicted octanol–water partition coefficient (Wildman–Crippen LogP) is 2.00. The zero-order valence-electron chi connectivity index (χ0n) is 11.3. The van der Waals surface area contributed by atoms with Gasteiger partial charge in [-0.05, 0) is 34.0 Å². The number of rotatable bonds is 4. The van der Waals surface area contributed by atoms with Crippen molar-refractivity contribution in [1.82, 2.24) is 9.78 Å². The van der Waals surface area contributed by atoms with Gasteiger partial charge in [0.05, 0.1) is 18.0 Å². The average molecular weight is 338 g/mol. The Bertz CT molecular complexity index is 670. The fourth-order valence-corrected chi connectivity index (χ4v) is 2.41. The van der Waals surface area contributed by atoms with Crippen molar-refractivity contribution in [2.45, 2.75) is 13.0 Å². The molecule has 1 unspecified atom stereocenters. The second-order valence-corrected chi connectivity index (χ2v) is 5.35. The van der Waals surface area contributed by atoms with Crippen LogP contribution in [0.5, 0.6) is 0 Å². The van der Waals surface area contributed by atoms with E-state index in [9.17, 15) is 9.90 Å². The Labute approximate surface area is 125 Å². The maximum atomic E-state index is 11.7. The number of aliphatic hydroxyl groups is 1. The van der Waals surface area contributed by atoms with Crippen molar-refractivity contribution < 1.29 is 5.11 Å².